The molecule has 0 aromatic carbocycles. The molecular weight excluding hydrogens is 246 g/mol. The molecule has 2 atom stereocenters. The highest BCUT2D eigenvalue weighted by Gasteiger charge is 2.29. The third-order valence-corrected chi connectivity index (χ3v) is 3.75. The number of nitrogens with one attached hydrogen (secondary N) is 1. The van der Waals surface area contributed by atoms with Gasteiger partial charge in [-0.1, -0.05) is 19.8 Å². The highest BCUT2D eigenvalue weighted by molar-refractivity contribution is 5.60. The number of nitrogens with zero attached hydrogens (tertiary/aromatic N) is 3. The lowest BCUT2D eigenvalue weighted by molar-refractivity contribution is -0.384. The fraction of sp³-hybridized carbons (Fsp3) is 0.750. The molecule has 0 bridgehead atoms. The van der Waals surface area contributed by atoms with Crippen LogP contribution in [-0.2, 0) is 13.5 Å². The molecule has 1 saturated carbocycles. The van der Waals surface area contributed by atoms with Gasteiger partial charge in [-0.3, -0.25) is 10.1 Å². The number of aryl methyl sites for hydroxylation is 2. The molecule has 0 saturated heterocycles. The van der Waals surface area contributed by atoms with E-state index in [1.165, 1.54) is 0 Å². The Bertz CT molecular complexity index is 471. The predicted octanol–water partition coefficient (Wildman–Crippen LogP) is 1.57. The molecule has 3 N–H and O–H groups in total. The van der Waals surface area contributed by atoms with E-state index >= 15 is 0 Å². The van der Waals surface area contributed by atoms with Crippen molar-refractivity contribution in [2.75, 3.05) is 5.32 Å². The van der Waals surface area contributed by atoms with Gasteiger partial charge in [0.15, 0.2) is 0 Å². The minimum absolute atomic E-state index is 0.0494. The molecule has 7 nitrogen and oxygen atoms in total. The van der Waals surface area contributed by atoms with E-state index < -0.39 is 0 Å². The van der Waals surface area contributed by atoms with Crippen LogP contribution in [0.2, 0.25) is 0 Å². The highest BCUT2D eigenvalue weighted by atomic mass is 16.6. The molecule has 1 aliphatic rings. The molecule has 106 valence electrons. The van der Waals surface area contributed by atoms with Crippen molar-refractivity contribution in [2.24, 2.45) is 12.8 Å². The van der Waals surface area contributed by atoms with Crippen LogP contribution in [0.1, 0.15) is 38.3 Å². The number of aromatic nitrogens is 2. The maximum atomic E-state index is 11.2. The molecule has 0 spiro atoms. The normalized spacial score (nSPS) is 23.3. The topological polar surface area (TPSA) is 99.0 Å². The van der Waals surface area contributed by atoms with E-state index in [0.29, 0.717) is 17.9 Å². The lowest BCUT2D eigenvalue weighted by atomic mass is 9.91. The molecule has 2 rings (SSSR count). The second-order valence-corrected chi connectivity index (χ2v) is 5.08. The third kappa shape index (κ3) is 2.70. The van der Waals surface area contributed by atoms with E-state index in [9.17, 15) is 10.1 Å². The standard InChI is InChI=1S/C12H21N5O2/c1-3-9-11(17(18)19)12(16(2)15-9)14-10-7-5-4-6-8(10)13/h8,10,14H,3-7,13H2,1-2H3. The Morgan fingerprint density at radius 1 is 1.53 bits per heavy atom. The summed E-state index contributed by atoms with van der Waals surface area (Å²) in [7, 11) is 1.73. The molecule has 7 heteroatoms. The molecule has 1 aliphatic carbocycles. The molecule has 2 unspecified atom stereocenters. The van der Waals surface area contributed by atoms with Gasteiger partial charge in [0.1, 0.15) is 5.69 Å². The van der Waals surface area contributed by atoms with Gasteiger partial charge in [0.25, 0.3) is 0 Å². The van der Waals surface area contributed by atoms with Crippen LogP contribution in [0.25, 0.3) is 0 Å². The summed E-state index contributed by atoms with van der Waals surface area (Å²) >= 11 is 0. The van der Waals surface area contributed by atoms with E-state index in [2.05, 4.69) is 10.4 Å². The maximum Gasteiger partial charge on any atom is 0.333 e. The zero-order valence-electron chi connectivity index (χ0n) is 11.4. The number of rotatable bonds is 4. The molecule has 1 aromatic rings. The molecule has 19 heavy (non-hydrogen) atoms. The van der Waals surface area contributed by atoms with Crippen molar-refractivity contribution in [1.29, 1.82) is 0 Å². The summed E-state index contributed by atoms with van der Waals surface area (Å²) in [5.74, 6) is 0.476. The summed E-state index contributed by atoms with van der Waals surface area (Å²) < 4.78 is 1.55. The van der Waals surface area contributed by atoms with Gasteiger partial charge in [-0.05, 0) is 19.3 Å². The average molecular weight is 267 g/mol. The van der Waals surface area contributed by atoms with E-state index in [1.807, 2.05) is 6.92 Å². The van der Waals surface area contributed by atoms with Gasteiger partial charge in [-0.15, -0.1) is 0 Å². The average Bonchev–Trinajstić information content (AvgIpc) is 2.69. The number of anilines is 1. The molecule has 0 radical (unpaired) electrons. The monoisotopic (exact) mass is 267 g/mol. The first kappa shape index (κ1) is 13.8. The first-order chi connectivity index (χ1) is 9.04. The zero-order chi connectivity index (χ0) is 14.0. The fourth-order valence-corrected chi connectivity index (χ4v) is 2.67. The Balaban J connectivity index is 2.28. The number of nitro groups is 1. The lowest BCUT2D eigenvalue weighted by Gasteiger charge is -2.29. The molecule has 0 amide bonds. The smallest absolute Gasteiger partial charge is 0.333 e. The lowest BCUT2D eigenvalue weighted by Crippen LogP contribution is -2.43. The quantitative estimate of drug-likeness (QED) is 0.637. The van der Waals surface area contributed by atoms with Gasteiger partial charge >= 0.3 is 5.69 Å². The summed E-state index contributed by atoms with van der Waals surface area (Å²) in [5.41, 5.74) is 6.68. The van der Waals surface area contributed by atoms with Crippen molar-refractivity contribution in [3.05, 3.63) is 15.8 Å². The molecule has 1 aromatic heterocycles. The Morgan fingerprint density at radius 3 is 2.79 bits per heavy atom. The van der Waals surface area contributed by atoms with Gasteiger partial charge in [0.05, 0.1) is 4.92 Å². The maximum absolute atomic E-state index is 11.2. The van der Waals surface area contributed by atoms with Gasteiger partial charge in [-0.25, -0.2) is 4.68 Å². The van der Waals surface area contributed by atoms with Gasteiger partial charge < -0.3 is 11.1 Å². The Kier molecular flexibility index (Phi) is 4.04. The summed E-state index contributed by atoms with van der Waals surface area (Å²) in [4.78, 5) is 10.9. The van der Waals surface area contributed by atoms with Crippen LogP contribution in [0.15, 0.2) is 0 Å². The van der Waals surface area contributed by atoms with Crippen molar-refractivity contribution in [1.82, 2.24) is 9.78 Å². The Labute approximate surface area is 112 Å². The van der Waals surface area contributed by atoms with Crippen LogP contribution in [0.3, 0.4) is 0 Å². The van der Waals surface area contributed by atoms with Crippen molar-refractivity contribution < 1.29 is 4.92 Å². The minimum atomic E-state index is -0.359. The highest BCUT2D eigenvalue weighted by Crippen LogP contribution is 2.31. The van der Waals surface area contributed by atoms with Crippen molar-refractivity contribution in [3.8, 4) is 0 Å². The van der Waals surface area contributed by atoms with E-state index in [0.717, 1.165) is 25.7 Å². The van der Waals surface area contributed by atoms with Crippen LogP contribution in [-0.4, -0.2) is 26.8 Å². The van der Waals surface area contributed by atoms with Gasteiger partial charge in [-0.2, -0.15) is 5.10 Å². The Morgan fingerprint density at radius 2 is 2.21 bits per heavy atom. The summed E-state index contributed by atoms with van der Waals surface area (Å²) in [6.07, 6.45) is 4.70. The molecular formula is C12H21N5O2. The largest absolute Gasteiger partial charge is 0.360 e. The first-order valence-corrected chi connectivity index (χ1v) is 6.77. The molecule has 1 fully saturated rings. The minimum Gasteiger partial charge on any atom is -0.360 e. The third-order valence-electron chi connectivity index (χ3n) is 3.75. The van der Waals surface area contributed by atoms with Gasteiger partial charge in [0.2, 0.25) is 5.82 Å². The van der Waals surface area contributed by atoms with Crippen molar-refractivity contribution in [2.45, 2.75) is 51.1 Å². The second kappa shape index (κ2) is 5.56. The summed E-state index contributed by atoms with van der Waals surface area (Å²) in [6.45, 7) is 1.87. The first-order valence-electron chi connectivity index (χ1n) is 6.77. The summed E-state index contributed by atoms with van der Waals surface area (Å²) in [6, 6.07) is 0.140. The molecule has 0 aliphatic heterocycles. The second-order valence-electron chi connectivity index (χ2n) is 5.08. The number of hydrogen-bond acceptors (Lipinski definition) is 5. The van der Waals surface area contributed by atoms with Crippen LogP contribution in [0.4, 0.5) is 11.5 Å². The summed E-state index contributed by atoms with van der Waals surface area (Å²) in [5, 5.41) is 18.7. The predicted molar refractivity (Wildman–Crippen MR) is 73.1 cm³/mol. The van der Waals surface area contributed by atoms with Crippen LogP contribution < -0.4 is 11.1 Å². The van der Waals surface area contributed by atoms with Crippen LogP contribution in [0.5, 0.6) is 0 Å². The van der Waals surface area contributed by atoms with Crippen LogP contribution >= 0.6 is 0 Å². The number of nitrogens with two attached hydrogens (primary N) is 1. The van der Waals surface area contributed by atoms with E-state index in [4.69, 9.17) is 5.73 Å². The van der Waals surface area contributed by atoms with E-state index in [-0.39, 0.29) is 22.7 Å². The van der Waals surface area contributed by atoms with E-state index in [1.54, 1.807) is 11.7 Å². The number of hydrogen-bond donors (Lipinski definition) is 2. The van der Waals surface area contributed by atoms with Crippen LogP contribution in [0, 0.1) is 10.1 Å². The SMILES string of the molecule is CCc1nn(C)c(NC2CCCCC2N)c1[N+](=O)[O-]. The van der Waals surface area contributed by atoms with Crippen molar-refractivity contribution in [3.63, 3.8) is 0 Å². The zero-order valence-corrected chi connectivity index (χ0v) is 11.4. The Hall–Kier alpha value is -1.63. The fourth-order valence-electron chi connectivity index (χ4n) is 2.67. The van der Waals surface area contributed by atoms with Gasteiger partial charge in [0, 0.05) is 19.1 Å². The molecule has 1 heterocycles. The van der Waals surface area contributed by atoms with Crippen molar-refractivity contribution >= 4 is 11.5 Å².